The van der Waals surface area contributed by atoms with E-state index in [-0.39, 0.29) is 36.0 Å². The summed E-state index contributed by atoms with van der Waals surface area (Å²) in [6.07, 6.45) is 1.71. The predicted molar refractivity (Wildman–Crippen MR) is 168 cm³/mol. The van der Waals surface area contributed by atoms with Crippen molar-refractivity contribution in [2.75, 3.05) is 37.7 Å². The van der Waals surface area contributed by atoms with E-state index in [2.05, 4.69) is 10.0 Å². The number of carbonyl (C=O) groups excluding carboxylic acids is 2. The molecule has 0 spiro atoms. The molecular weight excluding hydrogens is 608 g/mol. The number of esters is 1. The second kappa shape index (κ2) is 15.7. The number of amides is 1. The molecule has 0 aliphatic heterocycles. The highest BCUT2D eigenvalue weighted by Crippen LogP contribution is 2.24. The van der Waals surface area contributed by atoms with Gasteiger partial charge in [-0.1, -0.05) is 54.6 Å². The fourth-order valence-corrected chi connectivity index (χ4v) is 5.27. The molecule has 0 aliphatic rings. The maximum Gasteiger partial charge on any atom is 0.328 e. The van der Waals surface area contributed by atoms with Crippen molar-refractivity contribution in [2.24, 2.45) is 0 Å². The Balaban J connectivity index is 1.58. The van der Waals surface area contributed by atoms with Gasteiger partial charge in [0.05, 0.1) is 17.6 Å². The van der Waals surface area contributed by atoms with Gasteiger partial charge in [-0.2, -0.15) is 0 Å². The summed E-state index contributed by atoms with van der Waals surface area (Å²) >= 11 is 0. The third kappa shape index (κ3) is 12.3. The standard InChI is InChI=1S/C30H38N4O8S2/c1-22(30(36)42-20-24-7-5-4-6-8-24)32-29(35)27-19-26(33-43(3,37)38)13-14-28(27)41-18-17-34(2)16-15-23-9-11-25(12-10-23)21-44(31,39)40/h4-14,19,22,33H,15-18,20-21H2,1-3H3,(H,32,35)(H2,31,39,40). The number of sulfonamides is 1. The van der Waals surface area contributed by atoms with Gasteiger partial charge in [0.25, 0.3) is 5.91 Å². The molecule has 238 valence electrons. The van der Waals surface area contributed by atoms with Gasteiger partial charge in [0.2, 0.25) is 10.0 Å². The second-order valence-corrected chi connectivity index (χ2v) is 13.7. The quantitative estimate of drug-likeness (QED) is 0.170. The molecule has 0 heterocycles. The second-order valence-electron chi connectivity index (χ2n) is 10.4. The van der Waals surface area contributed by atoms with Gasteiger partial charge in [-0.05, 0) is 55.3 Å². The lowest BCUT2D eigenvalue weighted by Gasteiger charge is -2.19. The van der Waals surface area contributed by atoms with E-state index in [1.807, 2.05) is 54.4 Å². The first kappa shape index (κ1) is 34.5. The van der Waals surface area contributed by atoms with Gasteiger partial charge in [-0.25, -0.2) is 22.2 Å². The van der Waals surface area contributed by atoms with Crippen LogP contribution in [0.3, 0.4) is 0 Å². The highest BCUT2D eigenvalue weighted by atomic mass is 32.2. The molecule has 0 aliphatic carbocycles. The molecule has 0 aromatic heterocycles. The van der Waals surface area contributed by atoms with Crippen LogP contribution in [0.2, 0.25) is 0 Å². The van der Waals surface area contributed by atoms with Gasteiger partial charge in [-0.3, -0.25) is 9.52 Å². The highest BCUT2D eigenvalue weighted by Gasteiger charge is 2.22. The smallest absolute Gasteiger partial charge is 0.328 e. The van der Waals surface area contributed by atoms with Crippen LogP contribution in [0, 0.1) is 4.78 Å². The Labute approximate surface area is 258 Å². The van der Waals surface area contributed by atoms with Gasteiger partial charge in [0.15, 0.2) is 10.0 Å². The van der Waals surface area contributed by atoms with E-state index in [0.29, 0.717) is 25.1 Å². The van der Waals surface area contributed by atoms with Crippen LogP contribution >= 0.6 is 0 Å². The van der Waals surface area contributed by atoms with Crippen molar-refractivity contribution in [2.45, 2.75) is 31.7 Å². The Bertz CT molecular complexity index is 1630. The van der Waals surface area contributed by atoms with Crippen LogP contribution in [-0.4, -0.2) is 73.0 Å². The fourth-order valence-electron chi connectivity index (χ4n) is 4.07. The summed E-state index contributed by atoms with van der Waals surface area (Å²) in [6, 6.07) is 19.7. The molecule has 1 amide bonds. The number of benzene rings is 3. The van der Waals surface area contributed by atoms with E-state index >= 15 is 0 Å². The van der Waals surface area contributed by atoms with E-state index in [4.69, 9.17) is 14.3 Å². The maximum absolute atomic E-state index is 13.2. The number of carbonyl (C=O) groups is 2. The largest absolute Gasteiger partial charge is 0.491 e. The molecule has 4 N–H and O–H groups in total. The van der Waals surface area contributed by atoms with Crippen molar-refractivity contribution in [3.05, 3.63) is 95.1 Å². The molecule has 0 saturated heterocycles. The van der Waals surface area contributed by atoms with Crippen molar-refractivity contribution in [1.29, 1.82) is 4.78 Å². The predicted octanol–water partition coefficient (Wildman–Crippen LogP) is 3.49. The van der Waals surface area contributed by atoms with E-state index in [1.54, 1.807) is 12.1 Å². The SMILES string of the molecule is CC(NC(=O)c1cc(NS(C)(=O)=O)ccc1OCCN(C)CCc1ccc(CS(=N)(=O)O)cc1)C(=O)OCc1ccccc1. The van der Waals surface area contributed by atoms with E-state index in [0.717, 1.165) is 17.4 Å². The summed E-state index contributed by atoms with van der Waals surface area (Å²) in [6.45, 7) is 2.96. The molecule has 0 bridgehead atoms. The van der Waals surface area contributed by atoms with Gasteiger partial charge in [-0.15, -0.1) is 0 Å². The van der Waals surface area contributed by atoms with Crippen LogP contribution < -0.4 is 14.8 Å². The summed E-state index contributed by atoms with van der Waals surface area (Å²) in [5, 5.41) is 2.60. The number of hydrogen-bond donors (Lipinski definition) is 4. The minimum Gasteiger partial charge on any atom is -0.491 e. The fraction of sp³-hybridized carbons (Fsp3) is 0.333. The molecule has 2 atom stereocenters. The van der Waals surface area contributed by atoms with Crippen molar-refractivity contribution < 1.29 is 36.2 Å². The minimum atomic E-state index is -3.61. The average Bonchev–Trinajstić information content (AvgIpc) is 2.95. The van der Waals surface area contributed by atoms with E-state index in [1.165, 1.54) is 25.1 Å². The summed E-state index contributed by atoms with van der Waals surface area (Å²) in [7, 11) is -5.28. The van der Waals surface area contributed by atoms with Crippen LogP contribution in [0.1, 0.15) is 34.0 Å². The van der Waals surface area contributed by atoms with Crippen molar-refractivity contribution >= 4 is 37.6 Å². The van der Waals surface area contributed by atoms with Gasteiger partial charge >= 0.3 is 5.97 Å². The van der Waals surface area contributed by atoms with Crippen molar-refractivity contribution in [3.8, 4) is 5.75 Å². The molecule has 3 rings (SSSR count). The Morgan fingerprint density at radius 2 is 1.61 bits per heavy atom. The first-order valence-corrected chi connectivity index (χ1v) is 17.3. The lowest BCUT2D eigenvalue weighted by molar-refractivity contribution is -0.146. The number of anilines is 1. The number of nitrogens with zero attached hydrogens (tertiary/aromatic N) is 1. The Morgan fingerprint density at radius 1 is 0.955 bits per heavy atom. The molecular formula is C30H38N4O8S2. The van der Waals surface area contributed by atoms with E-state index in [9.17, 15) is 26.8 Å². The number of nitrogens with one attached hydrogen (secondary N) is 3. The lowest BCUT2D eigenvalue weighted by Crippen LogP contribution is -2.39. The Hall–Kier alpha value is -3.98. The van der Waals surface area contributed by atoms with Crippen LogP contribution in [0.25, 0.3) is 0 Å². The van der Waals surface area contributed by atoms with Crippen molar-refractivity contribution in [1.82, 2.24) is 10.2 Å². The highest BCUT2D eigenvalue weighted by molar-refractivity contribution is 7.92. The summed E-state index contributed by atoms with van der Waals surface area (Å²) < 4.78 is 64.7. The number of likely N-dealkylation sites (N-methyl/N-ethyl adjacent to an activating group) is 1. The molecule has 14 heteroatoms. The molecule has 44 heavy (non-hydrogen) atoms. The van der Waals surface area contributed by atoms with Gasteiger partial charge in [0, 0.05) is 18.8 Å². The molecule has 0 saturated carbocycles. The van der Waals surface area contributed by atoms with Crippen LogP contribution in [0.15, 0.2) is 72.8 Å². The summed E-state index contributed by atoms with van der Waals surface area (Å²) in [4.78, 5) is 27.7. The average molecular weight is 647 g/mol. The van der Waals surface area contributed by atoms with Crippen molar-refractivity contribution in [3.63, 3.8) is 0 Å². The van der Waals surface area contributed by atoms with Crippen LogP contribution in [0.5, 0.6) is 5.75 Å². The molecule has 0 fully saturated rings. The zero-order valence-electron chi connectivity index (χ0n) is 24.8. The minimum absolute atomic E-state index is 0.0450. The first-order chi connectivity index (χ1) is 20.7. The zero-order chi connectivity index (χ0) is 32.3. The third-order valence-electron chi connectivity index (χ3n) is 6.35. The topological polar surface area (TPSA) is 175 Å². The van der Waals surface area contributed by atoms with Gasteiger partial charge < -0.3 is 24.2 Å². The molecule has 12 nitrogen and oxygen atoms in total. The molecule has 2 unspecified atom stereocenters. The third-order valence-corrected chi connectivity index (χ3v) is 7.68. The normalized spacial score (nSPS) is 13.5. The Kier molecular flexibility index (Phi) is 12.3. The molecule has 3 aromatic rings. The monoisotopic (exact) mass is 646 g/mol. The summed E-state index contributed by atoms with van der Waals surface area (Å²) in [5.74, 6) is -1.27. The maximum atomic E-state index is 13.2. The van der Waals surface area contributed by atoms with Crippen LogP contribution in [0.4, 0.5) is 5.69 Å². The van der Waals surface area contributed by atoms with E-state index < -0.39 is 38.0 Å². The zero-order valence-corrected chi connectivity index (χ0v) is 26.4. The number of ether oxygens (including phenoxy) is 2. The lowest BCUT2D eigenvalue weighted by atomic mass is 10.1. The molecule has 3 aromatic carbocycles. The molecule has 0 radical (unpaired) electrons. The summed E-state index contributed by atoms with van der Waals surface area (Å²) in [5.41, 5.74) is 2.66. The number of rotatable bonds is 16. The first-order valence-electron chi connectivity index (χ1n) is 13.7. The Morgan fingerprint density at radius 3 is 2.25 bits per heavy atom. The van der Waals surface area contributed by atoms with Gasteiger partial charge in [0.1, 0.15) is 25.0 Å². The van der Waals surface area contributed by atoms with Crippen LogP contribution in [-0.2, 0) is 48.3 Å². The number of hydrogen-bond acceptors (Lipinski definition) is 9.